The number of halogens is 4. The maximum absolute atomic E-state index is 6.28. The van der Waals surface area contributed by atoms with Crippen molar-refractivity contribution in [3.63, 3.8) is 0 Å². The first-order valence-electron chi connectivity index (χ1n) is 5.72. The van der Waals surface area contributed by atoms with E-state index < -0.39 is 0 Å². The van der Waals surface area contributed by atoms with E-state index in [0.717, 1.165) is 15.4 Å². The number of hydrogen-bond donors (Lipinski definition) is 0. The summed E-state index contributed by atoms with van der Waals surface area (Å²) >= 11 is 21.5. The quantitative estimate of drug-likeness (QED) is 0.481. The Morgan fingerprint density at radius 2 is 1.68 bits per heavy atom. The van der Waals surface area contributed by atoms with Crippen LogP contribution in [0.25, 0.3) is 0 Å². The minimum Gasteiger partial charge on any atom is -0.148 e. The van der Waals surface area contributed by atoms with E-state index in [-0.39, 0.29) is 5.41 Å². The van der Waals surface area contributed by atoms with Gasteiger partial charge in [0.2, 0.25) is 0 Å². The van der Waals surface area contributed by atoms with Gasteiger partial charge in [0.25, 0.3) is 0 Å². The number of hydrogen-bond acceptors (Lipinski definition) is 1. The van der Waals surface area contributed by atoms with Crippen molar-refractivity contribution in [1.29, 1.82) is 0 Å². The fraction of sp³-hybridized carbons (Fsp3) is 0.286. The predicted octanol–water partition coefficient (Wildman–Crippen LogP) is 6.23. The van der Waals surface area contributed by atoms with Gasteiger partial charge in [0.05, 0.1) is 0 Å². The van der Waals surface area contributed by atoms with Crippen LogP contribution in [0.3, 0.4) is 0 Å². The summed E-state index contributed by atoms with van der Waals surface area (Å²) in [7, 11) is 0. The number of thiophene rings is 1. The monoisotopic (exact) mass is 440 g/mol. The van der Waals surface area contributed by atoms with Gasteiger partial charge in [-0.25, -0.2) is 0 Å². The average Bonchev–Trinajstić information content (AvgIpc) is 2.82. The Balaban J connectivity index is 2.44. The van der Waals surface area contributed by atoms with Crippen LogP contribution in [-0.2, 0) is 11.8 Å². The lowest BCUT2D eigenvalue weighted by molar-refractivity contribution is 0.537. The van der Waals surface area contributed by atoms with Gasteiger partial charge in [-0.2, -0.15) is 0 Å². The molecule has 0 unspecified atom stereocenters. The molecule has 0 amide bonds. The first-order valence-corrected chi connectivity index (χ1v) is 9.25. The van der Waals surface area contributed by atoms with Crippen LogP contribution in [0.4, 0.5) is 0 Å². The molecular formula is C14H12Br2Cl2S. The van der Waals surface area contributed by atoms with Gasteiger partial charge in [-0.1, -0.05) is 34.1 Å². The highest BCUT2D eigenvalue weighted by atomic mass is 79.9. The van der Waals surface area contributed by atoms with Crippen molar-refractivity contribution >= 4 is 66.4 Å². The van der Waals surface area contributed by atoms with Crippen LogP contribution in [0.2, 0.25) is 0 Å². The Kier molecular flexibility index (Phi) is 5.79. The Bertz CT molecular complexity index is 550. The van der Waals surface area contributed by atoms with Crippen LogP contribution >= 0.6 is 66.4 Å². The topological polar surface area (TPSA) is 0 Å². The van der Waals surface area contributed by atoms with Gasteiger partial charge in [0.1, 0.15) is 0 Å². The highest BCUT2D eigenvalue weighted by Gasteiger charge is 2.33. The lowest BCUT2D eigenvalue weighted by atomic mass is 9.80. The van der Waals surface area contributed by atoms with Gasteiger partial charge in [0.15, 0.2) is 0 Å². The molecule has 0 nitrogen and oxygen atoms in total. The molecule has 1 aromatic heterocycles. The maximum Gasteiger partial charge on any atom is 0.0335 e. The highest BCUT2D eigenvalue weighted by Crippen LogP contribution is 2.38. The summed E-state index contributed by atoms with van der Waals surface area (Å²) < 4.78 is 2.19. The number of benzene rings is 1. The summed E-state index contributed by atoms with van der Waals surface area (Å²) in [6.45, 7) is 0. The fourth-order valence-corrected chi connectivity index (χ4v) is 5.12. The summed E-state index contributed by atoms with van der Waals surface area (Å²) in [5.41, 5.74) is 0.914. The zero-order valence-corrected chi connectivity index (χ0v) is 15.5. The minimum absolute atomic E-state index is 0.253. The van der Waals surface area contributed by atoms with Crippen molar-refractivity contribution in [2.24, 2.45) is 0 Å². The van der Waals surface area contributed by atoms with Crippen molar-refractivity contribution < 1.29 is 0 Å². The first kappa shape index (κ1) is 15.8. The van der Waals surface area contributed by atoms with E-state index in [1.54, 1.807) is 11.3 Å². The molecule has 2 rings (SSSR count). The molecule has 102 valence electrons. The van der Waals surface area contributed by atoms with E-state index in [0.29, 0.717) is 11.8 Å². The van der Waals surface area contributed by atoms with E-state index in [9.17, 15) is 0 Å². The molecule has 1 aromatic carbocycles. The third-order valence-electron chi connectivity index (χ3n) is 3.15. The first-order chi connectivity index (χ1) is 9.13. The molecule has 19 heavy (non-hydrogen) atoms. The summed E-state index contributed by atoms with van der Waals surface area (Å²) in [6.07, 6.45) is 0.834. The Morgan fingerprint density at radius 1 is 1.00 bits per heavy atom. The summed E-state index contributed by atoms with van der Waals surface area (Å²) in [5.74, 6) is 0.979. The second-order valence-corrected chi connectivity index (χ2v) is 7.64. The lowest BCUT2D eigenvalue weighted by Gasteiger charge is -2.31. The van der Waals surface area contributed by atoms with Crippen molar-refractivity contribution in [1.82, 2.24) is 0 Å². The predicted molar refractivity (Wildman–Crippen MR) is 93.0 cm³/mol. The van der Waals surface area contributed by atoms with Gasteiger partial charge in [-0.15, -0.1) is 34.5 Å². The van der Waals surface area contributed by atoms with E-state index in [4.69, 9.17) is 23.2 Å². The van der Waals surface area contributed by atoms with Gasteiger partial charge in [-0.05, 0) is 45.4 Å². The second kappa shape index (κ2) is 6.95. The zero-order valence-electron chi connectivity index (χ0n) is 10.0. The molecule has 0 radical (unpaired) electrons. The molecule has 0 bridgehead atoms. The number of rotatable bonds is 5. The largest absolute Gasteiger partial charge is 0.148 e. The molecular weight excluding hydrogens is 431 g/mol. The van der Waals surface area contributed by atoms with E-state index >= 15 is 0 Å². The van der Waals surface area contributed by atoms with Crippen molar-refractivity contribution in [2.45, 2.75) is 11.8 Å². The smallest absolute Gasteiger partial charge is 0.0335 e. The molecule has 0 N–H and O–H groups in total. The zero-order chi connectivity index (χ0) is 13.9. The van der Waals surface area contributed by atoms with Gasteiger partial charge < -0.3 is 0 Å². The standard InChI is InChI=1S/C14H12Br2Cl2S/c15-11-4-2-1-3-10(11)14(8-17,9-18)7-13-12(16)5-6-19-13/h1-6H,7-9H2. The molecule has 0 aliphatic carbocycles. The van der Waals surface area contributed by atoms with Crippen LogP contribution < -0.4 is 0 Å². The average molecular weight is 443 g/mol. The van der Waals surface area contributed by atoms with E-state index in [1.807, 2.05) is 18.2 Å². The van der Waals surface area contributed by atoms with E-state index in [2.05, 4.69) is 49.4 Å². The van der Waals surface area contributed by atoms with Crippen LogP contribution in [0.1, 0.15) is 10.4 Å². The summed E-state index contributed by atoms with van der Waals surface area (Å²) in [5, 5.41) is 2.08. The molecule has 5 heteroatoms. The van der Waals surface area contributed by atoms with Crippen LogP contribution in [-0.4, -0.2) is 11.8 Å². The number of alkyl halides is 2. The molecule has 0 saturated heterocycles. The van der Waals surface area contributed by atoms with Crippen LogP contribution in [0.5, 0.6) is 0 Å². The molecule has 0 atom stereocenters. The van der Waals surface area contributed by atoms with Gasteiger partial charge >= 0.3 is 0 Å². The molecule has 0 aliphatic heterocycles. The van der Waals surface area contributed by atoms with E-state index in [1.165, 1.54) is 10.4 Å². The van der Waals surface area contributed by atoms with Crippen molar-refractivity contribution in [2.75, 3.05) is 11.8 Å². The minimum atomic E-state index is -0.253. The Hall–Kier alpha value is 0.460. The van der Waals surface area contributed by atoms with Crippen LogP contribution in [0, 0.1) is 0 Å². The molecule has 2 aromatic rings. The highest BCUT2D eigenvalue weighted by molar-refractivity contribution is 9.10. The SMILES string of the molecule is ClCC(CCl)(Cc1sccc1Br)c1ccccc1Br. The summed E-state index contributed by atoms with van der Waals surface area (Å²) in [6, 6.07) is 10.2. The third-order valence-corrected chi connectivity index (χ3v) is 6.79. The molecule has 1 heterocycles. The van der Waals surface area contributed by atoms with Crippen molar-refractivity contribution in [3.05, 3.63) is 55.1 Å². The summed E-state index contributed by atoms with van der Waals surface area (Å²) in [4.78, 5) is 1.28. The maximum atomic E-state index is 6.28. The van der Waals surface area contributed by atoms with Crippen LogP contribution in [0.15, 0.2) is 44.7 Å². The molecule has 0 fully saturated rings. The van der Waals surface area contributed by atoms with Gasteiger partial charge in [-0.3, -0.25) is 0 Å². The fourth-order valence-electron chi connectivity index (χ4n) is 2.02. The molecule has 0 saturated carbocycles. The Morgan fingerprint density at radius 3 is 2.21 bits per heavy atom. The molecule has 0 spiro atoms. The Labute approximate surface area is 144 Å². The van der Waals surface area contributed by atoms with Gasteiger partial charge in [0, 0.05) is 31.0 Å². The third kappa shape index (κ3) is 3.38. The van der Waals surface area contributed by atoms with Crippen molar-refractivity contribution in [3.8, 4) is 0 Å². The lowest BCUT2D eigenvalue weighted by Crippen LogP contribution is -2.33. The normalized spacial score (nSPS) is 11.8. The molecule has 0 aliphatic rings. The second-order valence-electron chi connectivity index (χ2n) is 4.40.